The molecular formula is C12H17N5S. The van der Waals surface area contributed by atoms with Crippen LogP contribution in [0.3, 0.4) is 0 Å². The first-order chi connectivity index (χ1) is 8.69. The Kier molecular flexibility index (Phi) is 4.09. The molecule has 0 atom stereocenters. The Morgan fingerprint density at radius 1 is 1.39 bits per heavy atom. The van der Waals surface area contributed by atoms with E-state index in [0.717, 1.165) is 30.3 Å². The Bertz CT molecular complexity index is 497. The van der Waals surface area contributed by atoms with E-state index in [1.165, 1.54) is 0 Å². The van der Waals surface area contributed by atoms with Crippen LogP contribution in [0.15, 0.2) is 17.0 Å². The van der Waals surface area contributed by atoms with Crippen molar-refractivity contribution in [2.75, 3.05) is 23.8 Å². The van der Waals surface area contributed by atoms with Crippen molar-refractivity contribution in [3.8, 4) is 0 Å². The second-order valence-corrected chi connectivity index (χ2v) is 4.78. The van der Waals surface area contributed by atoms with Crippen molar-refractivity contribution in [3.05, 3.63) is 28.3 Å². The van der Waals surface area contributed by atoms with Gasteiger partial charge in [-0.15, -0.1) is 11.3 Å². The van der Waals surface area contributed by atoms with E-state index in [1.807, 2.05) is 32.5 Å². The van der Waals surface area contributed by atoms with Crippen molar-refractivity contribution in [2.24, 2.45) is 0 Å². The van der Waals surface area contributed by atoms with Gasteiger partial charge in [0.2, 0.25) is 5.95 Å². The van der Waals surface area contributed by atoms with Crippen molar-refractivity contribution < 1.29 is 0 Å². The summed E-state index contributed by atoms with van der Waals surface area (Å²) in [6, 6.07) is 1.98. The van der Waals surface area contributed by atoms with Crippen molar-refractivity contribution >= 4 is 23.1 Å². The molecule has 0 saturated carbocycles. The Hall–Kier alpha value is -1.69. The highest BCUT2D eigenvalue weighted by molar-refractivity contribution is 7.07. The Morgan fingerprint density at radius 3 is 2.89 bits per heavy atom. The molecule has 1 N–H and O–H groups in total. The summed E-state index contributed by atoms with van der Waals surface area (Å²) in [4.78, 5) is 15.2. The Labute approximate surface area is 111 Å². The minimum Gasteiger partial charge on any atom is -0.354 e. The molecule has 2 aromatic heterocycles. The average molecular weight is 263 g/mol. The SMILES string of the molecule is CCNc1nc(C)cc(N(C)Cc2cscn2)n1. The molecule has 0 aliphatic rings. The topological polar surface area (TPSA) is 53.9 Å². The van der Waals surface area contributed by atoms with Crippen LogP contribution < -0.4 is 10.2 Å². The fraction of sp³-hybridized carbons (Fsp3) is 0.417. The standard InChI is InChI=1S/C12H17N5S/c1-4-13-12-15-9(2)5-11(16-12)17(3)6-10-7-18-8-14-10/h5,7-8H,4,6H2,1-3H3,(H,13,15,16). The second-order valence-electron chi connectivity index (χ2n) is 4.06. The number of nitrogens with one attached hydrogen (secondary N) is 1. The van der Waals surface area contributed by atoms with Crippen LogP contribution in [0.25, 0.3) is 0 Å². The first-order valence-electron chi connectivity index (χ1n) is 5.86. The van der Waals surface area contributed by atoms with Gasteiger partial charge in [0, 0.05) is 30.7 Å². The first kappa shape index (κ1) is 12.8. The molecule has 0 fully saturated rings. The monoisotopic (exact) mass is 263 g/mol. The molecule has 0 aliphatic heterocycles. The lowest BCUT2D eigenvalue weighted by molar-refractivity contribution is 0.865. The van der Waals surface area contributed by atoms with Crippen LogP contribution in [0, 0.1) is 6.92 Å². The van der Waals surface area contributed by atoms with Gasteiger partial charge in [0.05, 0.1) is 17.7 Å². The third-order valence-corrected chi connectivity index (χ3v) is 3.08. The van der Waals surface area contributed by atoms with Gasteiger partial charge in [-0.25, -0.2) is 9.97 Å². The van der Waals surface area contributed by atoms with E-state index >= 15 is 0 Å². The van der Waals surface area contributed by atoms with Gasteiger partial charge >= 0.3 is 0 Å². The van der Waals surface area contributed by atoms with Crippen LogP contribution in [-0.4, -0.2) is 28.5 Å². The zero-order valence-corrected chi connectivity index (χ0v) is 11.7. The molecular weight excluding hydrogens is 246 g/mol. The number of aryl methyl sites for hydroxylation is 1. The molecule has 0 saturated heterocycles. The number of hydrogen-bond acceptors (Lipinski definition) is 6. The number of nitrogens with zero attached hydrogens (tertiary/aromatic N) is 4. The molecule has 0 spiro atoms. The molecule has 0 radical (unpaired) electrons. The minimum absolute atomic E-state index is 0.678. The molecule has 18 heavy (non-hydrogen) atoms. The van der Waals surface area contributed by atoms with Gasteiger partial charge in [-0.05, 0) is 13.8 Å². The molecule has 6 heteroatoms. The molecule has 0 unspecified atom stereocenters. The summed E-state index contributed by atoms with van der Waals surface area (Å²) in [6.45, 7) is 5.58. The molecule has 2 aromatic rings. The smallest absolute Gasteiger partial charge is 0.224 e. The lowest BCUT2D eigenvalue weighted by Gasteiger charge is -2.18. The van der Waals surface area contributed by atoms with E-state index in [2.05, 4.69) is 30.5 Å². The molecule has 0 aromatic carbocycles. The van der Waals surface area contributed by atoms with Gasteiger partial charge in [0.25, 0.3) is 0 Å². The van der Waals surface area contributed by atoms with Crippen LogP contribution in [-0.2, 0) is 6.54 Å². The molecule has 96 valence electrons. The molecule has 2 rings (SSSR count). The minimum atomic E-state index is 0.678. The number of aromatic nitrogens is 3. The van der Waals surface area contributed by atoms with Gasteiger partial charge in [0.15, 0.2) is 0 Å². The van der Waals surface area contributed by atoms with E-state index < -0.39 is 0 Å². The number of anilines is 2. The summed E-state index contributed by atoms with van der Waals surface area (Å²) >= 11 is 1.61. The summed E-state index contributed by atoms with van der Waals surface area (Å²) in [5.41, 5.74) is 3.86. The Balaban J connectivity index is 2.16. The summed E-state index contributed by atoms with van der Waals surface area (Å²) in [5, 5.41) is 5.19. The maximum atomic E-state index is 4.48. The van der Waals surface area contributed by atoms with E-state index in [9.17, 15) is 0 Å². The average Bonchev–Trinajstić information content (AvgIpc) is 2.81. The quantitative estimate of drug-likeness (QED) is 0.897. The number of thiazole rings is 1. The highest BCUT2D eigenvalue weighted by Gasteiger charge is 2.08. The van der Waals surface area contributed by atoms with Crippen molar-refractivity contribution in [2.45, 2.75) is 20.4 Å². The lowest BCUT2D eigenvalue weighted by atomic mass is 10.4. The normalized spacial score (nSPS) is 10.4. The van der Waals surface area contributed by atoms with E-state index in [1.54, 1.807) is 11.3 Å². The van der Waals surface area contributed by atoms with Gasteiger partial charge in [0.1, 0.15) is 5.82 Å². The molecule has 0 amide bonds. The van der Waals surface area contributed by atoms with Gasteiger partial charge in [-0.1, -0.05) is 0 Å². The van der Waals surface area contributed by atoms with Crippen LogP contribution in [0.1, 0.15) is 18.3 Å². The summed E-state index contributed by atoms with van der Waals surface area (Å²) in [6.07, 6.45) is 0. The van der Waals surface area contributed by atoms with Crippen LogP contribution in [0.5, 0.6) is 0 Å². The van der Waals surface area contributed by atoms with Gasteiger partial charge in [-0.2, -0.15) is 4.98 Å². The predicted molar refractivity (Wildman–Crippen MR) is 75.2 cm³/mol. The van der Waals surface area contributed by atoms with Crippen molar-refractivity contribution in [1.29, 1.82) is 0 Å². The molecule has 0 bridgehead atoms. The van der Waals surface area contributed by atoms with E-state index in [-0.39, 0.29) is 0 Å². The molecule has 2 heterocycles. The third kappa shape index (κ3) is 3.16. The van der Waals surface area contributed by atoms with Crippen LogP contribution in [0.2, 0.25) is 0 Å². The van der Waals surface area contributed by atoms with Crippen molar-refractivity contribution in [3.63, 3.8) is 0 Å². The predicted octanol–water partition coefficient (Wildman–Crippen LogP) is 2.31. The fourth-order valence-electron chi connectivity index (χ4n) is 1.62. The summed E-state index contributed by atoms with van der Waals surface area (Å²) in [5.74, 6) is 1.59. The van der Waals surface area contributed by atoms with E-state index in [4.69, 9.17) is 0 Å². The number of rotatable bonds is 5. The van der Waals surface area contributed by atoms with Gasteiger partial charge in [-0.3, -0.25) is 0 Å². The Morgan fingerprint density at radius 2 is 2.22 bits per heavy atom. The lowest BCUT2D eigenvalue weighted by Crippen LogP contribution is -2.19. The van der Waals surface area contributed by atoms with Crippen molar-refractivity contribution in [1.82, 2.24) is 15.0 Å². The van der Waals surface area contributed by atoms with Crippen LogP contribution in [0.4, 0.5) is 11.8 Å². The van der Waals surface area contributed by atoms with Crippen LogP contribution >= 0.6 is 11.3 Å². The zero-order chi connectivity index (χ0) is 13.0. The highest BCUT2D eigenvalue weighted by Crippen LogP contribution is 2.16. The summed E-state index contributed by atoms with van der Waals surface area (Å²) < 4.78 is 0. The summed E-state index contributed by atoms with van der Waals surface area (Å²) in [7, 11) is 2.01. The molecule has 5 nitrogen and oxygen atoms in total. The first-order valence-corrected chi connectivity index (χ1v) is 6.81. The maximum absolute atomic E-state index is 4.48. The van der Waals surface area contributed by atoms with Gasteiger partial charge < -0.3 is 10.2 Å². The largest absolute Gasteiger partial charge is 0.354 e. The second kappa shape index (κ2) is 5.77. The third-order valence-electron chi connectivity index (χ3n) is 2.45. The fourth-order valence-corrected chi connectivity index (χ4v) is 2.17. The highest BCUT2D eigenvalue weighted by atomic mass is 32.1. The zero-order valence-electron chi connectivity index (χ0n) is 10.8. The number of hydrogen-bond donors (Lipinski definition) is 1. The van der Waals surface area contributed by atoms with E-state index in [0.29, 0.717) is 5.95 Å². The maximum Gasteiger partial charge on any atom is 0.224 e. The molecule has 0 aliphatic carbocycles.